The Morgan fingerprint density at radius 3 is 2.34 bits per heavy atom. The van der Waals surface area contributed by atoms with Gasteiger partial charge in [0.05, 0.1) is 16.5 Å². The molecule has 1 fully saturated rings. The molecule has 2 unspecified atom stereocenters. The first kappa shape index (κ1) is 25.0. The highest BCUT2D eigenvalue weighted by molar-refractivity contribution is 7.13. The van der Waals surface area contributed by atoms with Gasteiger partial charge in [-0.3, -0.25) is 19.5 Å². The highest BCUT2D eigenvalue weighted by Gasteiger charge is 2.39. The summed E-state index contributed by atoms with van der Waals surface area (Å²) in [6, 6.07) is 4.71. The summed E-state index contributed by atoms with van der Waals surface area (Å²) in [6.45, 7) is -2.91. The van der Waals surface area contributed by atoms with Crippen LogP contribution < -0.4 is 10.2 Å². The summed E-state index contributed by atoms with van der Waals surface area (Å²) in [7, 11) is 0. The van der Waals surface area contributed by atoms with Crippen LogP contribution in [0.5, 0.6) is 0 Å². The first-order valence-electron chi connectivity index (χ1n) is 10.4. The predicted octanol–water partition coefficient (Wildman–Crippen LogP) is 4.10. The van der Waals surface area contributed by atoms with E-state index in [9.17, 15) is 22.8 Å². The fraction of sp³-hybridized carbons (Fsp3) is 0.318. The van der Waals surface area contributed by atoms with Gasteiger partial charge in [0.1, 0.15) is 12.4 Å². The van der Waals surface area contributed by atoms with Crippen molar-refractivity contribution in [3.8, 4) is 10.4 Å². The molecule has 13 heteroatoms. The SMILES string of the molecule is O=C(NC1CC(OC(F)F)C1)C(c1cncnc1)N(C(=O)C(F)Cl)c1ccc(-c2cncs2)cc1. The number of alkyl halides is 4. The van der Waals surface area contributed by atoms with Gasteiger partial charge in [-0.25, -0.2) is 14.4 Å². The number of amides is 2. The van der Waals surface area contributed by atoms with E-state index in [0.29, 0.717) is 0 Å². The van der Waals surface area contributed by atoms with E-state index >= 15 is 0 Å². The van der Waals surface area contributed by atoms with Gasteiger partial charge in [0.25, 0.3) is 11.5 Å². The minimum Gasteiger partial charge on any atom is -0.351 e. The first-order valence-corrected chi connectivity index (χ1v) is 11.7. The Morgan fingerprint density at radius 1 is 1.09 bits per heavy atom. The van der Waals surface area contributed by atoms with Gasteiger partial charge in [0.2, 0.25) is 5.91 Å². The monoisotopic (exact) mass is 525 g/mol. The quantitative estimate of drug-likeness (QED) is 0.423. The first-order chi connectivity index (χ1) is 16.8. The topological polar surface area (TPSA) is 97.3 Å². The molecule has 184 valence electrons. The van der Waals surface area contributed by atoms with Crippen LogP contribution in [0.15, 0.2) is 54.7 Å². The number of thiazole rings is 1. The van der Waals surface area contributed by atoms with Crippen molar-refractivity contribution >= 4 is 40.4 Å². The number of benzene rings is 1. The average Bonchev–Trinajstić information content (AvgIpc) is 3.36. The maximum atomic E-state index is 14.1. The molecule has 8 nitrogen and oxygen atoms in total. The number of rotatable bonds is 9. The van der Waals surface area contributed by atoms with Gasteiger partial charge in [-0.15, -0.1) is 11.3 Å². The number of hydrogen-bond donors (Lipinski definition) is 1. The minimum atomic E-state index is -2.91. The Balaban J connectivity index is 1.64. The standard InChI is InChI=1S/C22H19ClF3N5O3S/c23-19(24)21(33)31(15-3-1-12(2-4-15)17-9-29-11-35-17)18(13-7-27-10-28-8-13)20(32)30-14-5-16(6-14)34-22(25)26/h1-4,7-11,14,16,18-19,22H,5-6H2,(H,30,32). The average molecular weight is 526 g/mol. The van der Waals surface area contributed by atoms with Gasteiger partial charge < -0.3 is 10.1 Å². The summed E-state index contributed by atoms with van der Waals surface area (Å²) < 4.78 is 43.3. The lowest BCUT2D eigenvalue weighted by Gasteiger charge is -2.37. The van der Waals surface area contributed by atoms with Gasteiger partial charge in [0.15, 0.2) is 0 Å². The molecule has 2 heterocycles. The van der Waals surface area contributed by atoms with Crippen LogP contribution >= 0.6 is 22.9 Å². The molecule has 2 atom stereocenters. The van der Waals surface area contributed by atoms with Crippen LogP contribution in [0, 0.1) is 0 Å². The third-order valence-corrected chi connectivity index (χ3v) is 6.43. The molecule has 2 amide bonds. The van der Waals surface area contributed by atoms with Crippen molar-refractivity contribution < 1.29 is 27.5 Å². The second-order valence-corrected chi connectivity index (χ2v) is 8.96. The van der Waals surface area contributed by atoms with E-state index in [1.165, 1.54) is 30.1 Å². The van der Waals surface area contributed by atoms with Crippen LogP contribution in [0.2, 0.25) is 0 Å². The lowest BCUT2D eigenvalue weighted by Crippen LogP contribution is -2.53. The van der Waals surface area contributed by atoms with Crippen LogP contribution in [-0.2, 0) is 14.3 Å². The number of carbonyl (C=O) groups excluding carboxylic acids is 2. The minimum absolute atomic E-state index is 0.173. The van der Waals surface area contributed by atoms with E-state index in [4.69, 9.17) is 11.6 Å². The molecular formula is C22H19ClF3N5O3S. The maximum Gasteiger partial charge on any atom is 0.345 e. The zero-order valence-electron chi connectivity index (χ0n) is 17.9. The van der Waals surface area contributed by atoms with E-state index in [2.05, 4.69) is 25.0 Å². The lowest BCUT2D eigenvalue weighted by atomic mass is 9.88. The summed E-state index contributed by atoms with van der Waals surface area (Å²) in [5.41, 5.74) is 0.483. The summed E-state index contributed by atoms with van der Waals surface area (Å²) in [4.78, 5) is 39.9. The number of ether oxygens (including phenoxy) is 1. The molecule has 0 radical (unpaired) electrons. The van der Waals surface area contributed by atoms with Crippen molar-refractivity contribution in [2.24, 2.45) is 0 Å². The molecule has 1 N–H and O–H groups in total. The third kappa shape index (κ3) is 5.95. The lowest BCUT2D eigenvalue weighted by molar-refractivity contribution is -0.185. The summed E-state index contributed by atoms with van der Waals surface area (Å²) in [5.74, 6) is -1.83. The molecular weight excluding hydrogens is 507 g/mol. The Labute approximate surface area is 207 Å². The fourth-order valence-corrected chi connectivity index (χ4v) is 4.48. The molecule has 4 rings (SSSR count). The van der Waals surface area contributed by atoms with E-state index in [1.54, 1.807) is 36.0 Å². The van der Waals surface area contributed by atoms with Gasteiger partial charge in [-0.1, -0.05) is 23.7 Å². The molecule has 0 spiro atoms. The number of aromatic nitrogens is 3. The van der Waals surface area contributed by atoms with Crippen molar-refractivity contribution in [1.29, 1.82) is 0 Å². The van der Waals surface area contributed by atoms with Crippen molar-refractivity contribution in [3.05, 3.63) is 60.3 Å². The van der Waals surface area contributed by atoms with Crippen molar-refractivity contribution in [2.45, 2.75) is 43.3 Å². The summed E-state index contributed by atoms with van der Waals surface area (Å²) >= 11 is 6.94. The van der Waals surface area contributed by atoms with Gasteiger partial charge in [-0.05, 0) is 30.5 Å². The van der Waals surface area contributed by atoms with Crippen LogP contribution in [0.1, 0.15) is 24.4 Å². The highest BCUT2D eigenvalue weighted by atomic mass is 35.5. The Kier molecular flexibility index (Phi) is 7.93. The number of hydrogen-bond acceptors (Lipinski definition) is 7. The van der Waals surface area contributed by atoms with E-state index in [1.807, 2.05) is 0 Å². The molecule has 35 heavy (non-hydrogen) atoms. The van der Waals surface area contributed by atoms with Gasteiger partial charge in [0, 0.05) is 35.9 Å². The number of nitrogens with one attached hydrogen (secondary N) is 1. The number of anilines is 1. The zero-order valence-corrected chi connectivity index (χ0v) is 19.5. The van der Waals surface area contributed by atoms with Crippen molar-refractivity contribution in [3.63, 3.8) is 0 Å². The highest BCUT2D eigenvalue weighted by Crippen LogP contribution is 2.33. The fourth-order valence-electron chi connectivity index (χ4n) is 3.74. The Hall–Kier alpha value is -3.09. The number of nitrogens with zero attached hydrogens (tertiary/aromatic N) is 4. The molecule has 0 bridgehead atoms. The Morgan fingerprint density at radius 2 is 1.77 bits per heavy atom. The van der Waals surface area contributed by atoms with Crippen molar-refractivity contribution in [1.82, 2.24) is 20.3 Å². The van der Waals surface area contributed by atoms with E-state index in [0.717, 1.165) is 15.3 Å². The molecule has 3 aromatic rings. The molecule has 0 saturated heterocycles. The van der Waals surface area contributed by atoms with Crippen LogP contribution in [-0.4, -0.2) is 51.2 Å². The largest absolute Gasteiger partial charge is 0.351 e. The molecule has 1 aromatic carbocycles. The van der Waals surface area contributed by atoms with E-state index in [-0.39, 0.29) is 24.1 Å². The van der Waals surface area contributed by atoms with E-state index < -0.39 is 42.2 Å². The molecule has 1 aliphatic rings. The normalized spacial score (nSPS) is 19.0. The zero-order chi connectivity index (χ0) is 24.9. The number of carbonyl (C=O) groups is 2. The third-order valence-electron chi connectivity index (χ3n) is 5.43. The molecule has 1 saturated carbocycles. The van der Waals surface area contributed by atoms with Crippen LogP contribution in [0.3, 0.4) is 0 Å². The molecule has 1 aliphatic carbocycles. The summed E-state index contributed by atoms with van der Waals surface area (Å²) in [6.07, 6.45) is 5.24. The van der Waals surface area contributed by atoms with Gasteiger partial charge >= 0.3 is 6.61 Å². The Bertz CT molecular complexity index is 1130. The maximum absolute atomic E-state index is 14.1. The predicted molar refractivity (Wildman–Crippen MR) is 123 cm³/mol. The van der Waals surface area contributed by atoms with Crippen molar-refractivity contribution in [2.75, 3.05) is 4.90 Å². The van der Waals surface area contributed by atoms with Crippen LogP contribution in [0.4, 0.5) is 18.9 Å². The second-order valence-electron chi connectivity index (χ2n) is 7.69. The van der Waals surface area contributed by atoms with Gasteiger partial charge in [-0.2, -0.15) is 8.78 Å². The number of halogens is 4. The smallest absolute Gasteiger partial charge is 0.345 e. The molecule has 0 aliphatic heterocycles. The molecule has 2 aromatic heterocycles. The second kappa shape index (κ2) is 11.1. The summed E-state index contributed by atoms with van der Waals surface area (Å²) in [5, 5.41) is 2.71. The van der Waals surface area contributed by atoms with Crippen LogP contribution in [0.25, 0.3) is 10.4 Å².